The molecule has 0 radical (unpaired) electrons. The molecule has 0 N–H and O–H groups in total. The SMILES string of the molecule is CC(/C=C/Cc1ccccc1)C(C)(C#N)C#N. The molecule has 86 valence electrons. The normalized spacial score (nSPS) is 12.9. The molecule has 1 rings (SSSR count). The van der Waals surface area contributed by atoms with Crippen molar-refractivity contribution in [1.29, 1.82) is 10.5 Å². The molecule has 0 aliphatic rings. The molecule has 17 heavy (non-hydrogen) atoms. The third-order valence-corrected chi connectivity index (χ3v) is 3.00. The Morgan fingerprint density at radius 2 is 1.82 bits per heavy atom. The van der Waals surface area contributed by atoms with Crippen LogP contribution in [0, 0.1) is 34.0 Å². The number of benzene rings is 1. The molecule has 1 atom stereocenters. The highest BCUT2D eigenvalue weighted by molar-refractivity contribution is 5.20. The van der Waals surface area contributed by atoms with E-state index in [9.17, 15) is 0 Å². The Kier molecular flexibility index (Phi) is 4.49. The molecule has 0 aliphatic heterocycles. The van der Waals surface area contributed by atoms with Crippen molar-refractivity contribution in [3.63, 3.8) is 0 Å². The fourth-order valence-corrected chi connectivity index (χ4v) is 1.44. The maximum absolute atomic E-state index is 8.97. The molecular formula is C15H16N2. The third-order valence-electron chi connectivity index (χ3n) is 3.00. The molecule has 0 saturated heterocycles. The molecule has 0 spiro atoms. The Morgan fingerprint density at radius 1 is 1.24 bits per heavy atom. The summed E-state index contributed by atoms with van der Waals surface area (Å²) in [5.74, 6) is -0.0683. The molecule has 1 unspecified atom stereocenters. The number of allylic oxidation sites excluding steroid dienone is 2. The molecule has 1 aromatic rings. The van der Waals surface area contributed by atoms with E-state index >= 15 is 0 Å². The van der Waals surface area contributed by atoms with E-state index in [2.05, 4.69) is 24.3 Å². The van der Waals surface area contributed by atoms with E-state index in [0.29, 0.717) is 0 Å². The van der Waals surface area contributed by atoms with Crippen LogP contribution in [0.4, 0.5) is 0 Å². The average Bonchev–Trinajstić information content (AvgIpc) is 2.39. The number of nitriles is 2. The van der Waals surface area contributed by atoms with Crippen molar-refractivity contribution in [3.8, 4) is 12.1 Å². The van der Waals surface area contributed by atoms with E-state index in [1.54, 1.807) is 6.92 Å². The van der Waals surface area contributed by atoms with Crippen LogP contribution in [0.15, 0.2) is 42.5 Å². The first-order valence-corrected chi connectivity index (χ1v) is 5.65. The van der Waals surface area contributed by atoms with Gasteiger partial charge in [-0.05, 0) is 18.9 Å². The van der Waals surface area contributed by atoms with E-state index in [4.69, 9.17) is 10.5 Å². The maximum atomic E-state index is 8.97. The van der Waals surface area contributed by atoms with Crippen molar-refractivity contribution in [2.45, 2.75) is 20.3 Å². The predicted octanol–water partition coefficient (Wildman–Crippen LogP) is 3.47. The zero-order valence-electron chi connectivity index (χ0n) is 10.2. The minimum absolute atomic E-state index is 0.0683. The Balaban J connectivity index is 2.62. The molecule has 2 heteroatoms. The van der Waals surface area contributed by atoms with E-state index in [1.807, 2.05) is 37.3 Å². The maximum Gasteiger partial charge on any atom is 0.147 e. The molecule has 2 nitrogen and oxygen atoms in total. The van der Waals surface area contributed by atoms with Gasteiger partial charge in [0.1, 0.15) is 5.41 Å². The monoisotopic (exact) mass is 224 g/mol. The standard InChI is InChI=1S/C15H16N2/c1-13(15(2,11-16)12-17)7-6-10-14-8-4-3-5-9-14/h3-9,13H,10H2,1-2H3/b7-6+. The third kappa shape index (κ3) is 3.47. The van der Waals surface area contributed by atoms with Crippen LogP contribution in [0.3, 0.4) is 0 Å². The summed E-state index contributed by atoms with van der Waals surface area (Å²) < 4.78 is 0. The summed E-state index contributed by atoms with van der Waals surface area (Å²) in [6, 6.07) is 14.2. The fraction of sp³-hybridized carbons (Fsp3) is 0.333. The lowest BCUT2D eigenvalue weighted by molar-refractivity contribution is 0.449. The average molecular weight is 224 g/mol. The number of hydrogen-bond donors (Lipinski definition) is 0. The largest absolute Gasteiger partial charge is 0.197 e. The highest BCUT2D eigenvalue weighted by Crippen LogP contribution is 2.26. The minimum atomic E-state index is -0.937. The van der Waals surface area contributed by atoms with E-state index in [0.717, 1.165) is 6.42 Å². The lowest BCUT2D eigenvalue weighted by Gasteiger charge is -2.17. The molecule has 0 heterocycles. The minimum Gasteiger partial charge on any atom is -0.197 e. The first-order chi connectivity index (χ1) is 8.12. The van der Waals surface area contributed by atoms with Crippen LogP contribution in [0.2, 0.25) is 0 Å². The Morgan fingerprint density at radius 3 is 2.35 bits per heavy atom. The van der Waals surface area contributed by atoms with Crippen LogP contribution in [-0.2, 0) is 6.42 Å². The van der Waals surface area contributed by atoms with E-state index < -0.39 is 5.41 Å². The van der Waals surface area contributed by atoms with Crippen LogP contribution < -0.4 is 0 Å². The summed E-state index contributed by atoms with van der Waals surface area (Å²) in [5.41, 5.74) is 0.291. The molecule has 0 saturated carbocycles. The Bertz CT molecular complexity index is 446. The fourth-order valence-electron chi connectivity index (χ4n) is 1.44. The number of nitrogens with zero attached hydrogens (tertiary/aromatic N) is 2. The van der Waals surface area contributed by atoms with Crippen molar-refractivity contribution in [1.82, 2.24) is 0 Å². The van der Waals surface area contributed by atoms with Gasteiger partial charge < -0.3 is 0 Å². The number of hydrogen-bond acceptors (Lipinski definition) is 2. The summed E-state index contributed by atoms with van der Waals surface area (Å²) in [6.45, 7) is 3.57. The highest BCUT2D eigenvalue weighted by atomic mass is 14.4. The van der Waals surface area contributed by atoms with Gasteiger partial charge in [0.2, 0.25) is 0 Å². The van der Waals surface area contributed by atoms with Gasteiger partial charge in [-0.15, -0.1) is 0 Å². The van der Waals surface area contributed by atoms with Crippen LogP contribution in [0.5, 0.6) is 0 Å². The molecular weight excluding hydrogens is 208 g/mol. The highest BCUT2D eigenvalue weighted by Gasteiger charge is 2.29. The second-order valence-electron chi connectivity index (χ2n) is 4.33. The van der Waals surface area contributed by atoms with Gasteiger partial charge in [-0.1, -0.05) is 49.4 Å². The van der Waals surface area contributed by atoms with Crippen LogP contribution in [-0.4, -0.2) is 0 Å². The smallest absolute Gasteiger partial charge is 0.147 e. The van der Waals surface area contributed by atoms with Crippen LogP contribution in [0.25, 0.3) is 0 Å². The lowest BCUT2D eigenvalue weighted by Crippen LogP contribution is -2.19. The molecule has 0 fully saturated rings. The Labute approximate surface area is 103 Å². The lowest BCUT2D eigenvalue weighted by atomic mass is 9.80. The zero-order chi connectivity index (χ0) is 12.7. The molecule has 0 aliphatic carbocycles. The van der Waals surface area contributed by atoms with Crippen molar-refractivity contribution < 1.29 is 0 Å². The van der Waals surface area contributed by atoms with Gasteiger partial charge in [0.25, 0.3) is 0 Å². The summed E-state index contributed by atoms with van der Waals surface area (Å²) in [6.07, 6.45) is 4.80. The molecule has 0 bridgehead atoms. The van der Waals surface area contributed by atoms with Gasteiger partial charge in [0, 0.05) is 5.92 Å². The summed E-state index contributed by atoms with van der Waals surface area (Å²) >= 11 is 0. The van der Waals surface area contributed by atoms with E-state index in [1.165, 1.54) is 5.56 Å². The van der Waals surface area contributed by atoms with Crippen LogP contribution >= 0.6 is 0 Å². The first kappa shape index (κ1) is 13.0. The van der Waals surface area contributed by atoms with Gasteiger partial charge in [0.05, 0.1) is 12.1 Å². The van der Waals surface area contributed by atoms with Gasteiger partial charge in [-0.25, -0.2) is 0 Å². The Hall–Kier alpha value is -2.06. The summed E-state index contributed by atoms with van der Waals surface area (Å²) in [4.78, 5) is 0. The van der Waals surface area contributed by atoms with Gasteiger partial charge in [-0.3, -0.25) is 0 Å². The topological polar surface area (TPSA) is 47.6 Å². The van der Waals surface area contributed by atoms with Crippen molar-refractivity contribution in [3.05, 3.63) is 48.0 Å². The predicted molar refractivity (Wildman–Crippen MR) is 67.8 cm³/mol. The molecule has 0 aromatic heterocycles. The summed E-state index contributed by atoms with van der Waals surface area (Å²) in [5, 5.41) is 17.9. The van der Waals surface area contributed by atoms with Crippen molar-refractivity contribution >= 4 is 0 Å². The van der Waals surface area contributed by atoms with Gasteiger partial charge in [-0.2, -0.15) is 10.5 Å². The van der Waals surface area contributed by atoms with E-state index in [-0.39, 0.29) is 5.92 Å². The van der Waals surface area contributed by atoms with Gasteiger partial charge in [0.15, 0.2) is 0 Å². The van der Waals surface area contributed by atoms with Crippen molar-refractivity contribution in [2.75, 3.05) is 0 Å². The second-order valence-corrected chi connectivity index (χ2v) is 4.33. The summed E-state index contributed by atoms with van der Waals surface area (Å²) in [7, 11) is 0. The number of rotatable bonds is 4. The first-order valence-electron chi connectivity index (χ1n) is 5.65. The zero-order valence-corrected chi connectivity index (χ0v) is 10.2. The van der Waals surface area contributed by atoms with Gasteiger partial charge >= 0.3 is 0 Å². The van der Waals surface area contributed by atoms with Crippen LogP contribution in [0.1, 0.15) is 19.4 Å². The second kappa shape index (κ2) is 5.87. The molecule has 1 aromatic carbocycles. The quantitative estimate of drug-likeness (QED) is 0.735. The van der Waals surface area contributed by atoms with Crippen molar-refractivity contribution in [2.24, 2.45) is 11.3 Å². The molecule has 0 amide bonds.